The van der Waals surface area contributed by atoms with Crippen LogP contribution in [0.2, 0.25) is 0 Å². The van der Waals surface area contributed by atoms with Gasteiger partial charge in [-0.25, -0.2) is 4.39 Å². The number of likely N-dealkylation sites (tertiary alicyclic amines) is 1. The van der Waals surface area contributed by atoms with Gasteiger partial charge in [-0.3, -0.25) is 4.79 Å². The van der Waals surface area contributed by atoms with Crippen molar-refractivity contribution < 1.29 is 40.6 Å². The Kier molecular flexibility index (Phi) is 5.20. The molecule has 30 heavy (non-hydrogen) atoms. The molecular weight excluding hydrogens is 419 g/mol. The third-order valence-electron chi connectivity index (χ3n) is 6.70. The van der Waals surface area contributed by atoms with Crippen LogP contribution in [0, 0.1) is 0 Å². The molecule has 2 atom stereocenters. The van der Waals surface area contributed by atoms with Gasteiger partial charge < -0.3 is 10.0 Å². The highest BCUT2D eigenvalue weighted by Gasteiger charge is 2.74. The highest BCUT2D eigenvalue weighted by atomic mass is 19.4. The highest BCUT2D eigenvalue weighted by Crippen LogP contribution is 2.60. The predicted molar refractivity (Wildman–Crippen MR) is 93.5 cm³/mol. The highest BCUT2D eigenvalue weighted by molar-refractivity contribution is 5.59. The van der Waals surface area contributed by atoms with Gasteiger partial charge in [0.1, 0.15) is 0 Å². The van der Waals surface area contributed by atoms with E-state index in [1.807, 2.05) is 0 Å². The van der Waals surface area contributed by atoms with E-state index < -0.39 is 40.5 Å². The molecule has 0 radical (unpaired) electrons. The quantitative estimate of drug-likeness (QED) is 0.540. The summed E-state index contributed by atoms with van der Waals surface area (Å²) in [5.74, 6) is 0. The molecule has 1 N–H and O–H groups in total. The van der Waals surface area contributed by atoms with Crippen molar-refractivity contribution in [3.05, 3.63) is 34.9 Å². The summed E-state index contributed by atoms with van der Waals surface area (Å²) in [6, 6.07) is 1.80. The van der Waals surface area contributed by atoms with Crippen LogP contribution in [-0.4, -0.2) is 48.0 Å². The average Bonchev–Trinajstić information content (AvgIpc) is 3.11. The summed E-state index contributed by atoms with van der Waals surface area (Å²) in [5.41, 5.74) is -8.11. The van der Waals surface area contributed by atoms with Gasteiger partial charge in [-0.2, -0.15) is 26.3 Å². The van der Waals surface area contributed by atoms with Crippen LogP contribution in [-0.2, 0) is 21.3 Å². The molecule has 0 bridgehead atoms. The Bertz CT molecular complexity index is 819. The average molecular weight is 441 g/mol. The Morgan fingerprint density at radius 1 is 1.10 bits per heavy atom. The lowest BCUT2D eigenvalue weighted by molar-refractivity contribution is -0.348. The molecule has 1 amide bonds. The summed E-state index contributed by atoms with van der Waals surface area (Å²) < 4.78 is 94.1. The lowest BCUT2D eigenvalue weighted by Gasteiger charge is -2.38. The van der Waals surface area contributed by atoms with Gasteiger partial charge in [0.05, 0.1) is 6.04 Å². The second-order valence-corrected chi connectivity index (χ2v) is 8.62. The SMILES string of the molecule is CC1(C)c2cc(C(F)(C(F)(F)F)C(F)(F)F)ccc2C2(CCCO)CCN(C=O)C12. The summed E-state index contributed by atoms with van der Waals surface area (Å²) in [4.78, 5) is 13.1. The smallest absolute Gasteiger partial charge is 0.396 e. The number of fused-ring (bicyclic) bond motifs is 3. The van der Waals surface area contributed by atoms with Crippen LogP contribution >= 0.6 is 0 Å². The van der Waals surface area contributed by atoms with Crippen LogP contribution in [0.25, 0.3) is 0 Å². The first-order valence-corrected chi connectivity index (χ1v) is 9.48. The van der Waals surface area contributed by atoms with Crippen LogP contribution in [0.1, 0.15) is 49.8 Å². The van der Waals surface area contributed by atoms with Crippen LogP contribution < -0.4 is 0 Å². The second-order valence-electron chi connectivity index (χ2n) is 8.62. The summed E-state index contributed by atoms with van der Waals surface area (Å²) in [5, 5.41) is 9.29. The number of alkyl halides is 7. The van der Waals surface area contributed by atoms with Crippen molar-refractivity contribution >= 4 is 6.41 Å². The number of carbonyl (C=O) groups is 1. The van der Waals surface area contributed by atoms with Gasteiger partial charge >= 0.3 is 18.0 Å². The molecule has 3 rings (SSSR count). The van der Waals surface area contributed by atoms with Gasteiger partial charge in [0.15, 0.2) is 0 Å². The minimum absolute atomic E-state index is 0.154. The van der Waals surface area contributed by atoms with E-state index in [2.05, 4.69) is 0 Å². The predicted octanol–water partition coefficient (Wildman–Crippen LogP) is 4.51. The molecule has 2 aliphatic rings. The fraction of sp³-hybridized carbons (Fsp3) is 0.650. The molecule has 0 aromatic heterocycles. The number of halogens is 7. The van der Waals surface area contributed by atoms with E-state index in [1.54, 1.807) is 13.8 Å². The Labute approximate surface area is 168 Å². The van der Waals surface area contributed by atoms with E-state index in [-0.39, 0.29) is 12.2 Å². The number of benzene rings is 1. The van der Waals surface area contributed by atoms with Crippen molar-refractivity contribution in [2.24, 2.45) is 0 Å². The lowest BCUT2D eigenvalue weighted by Crippen LogP contribution is -2.50. The molecule has 3 nitrogen and oxygen atoms in total. The molecule has 1 aliphatic carbocycles. The van der Waals surface area contributed by atoms with Crippen LogP contribution in [0.15, 0.2) is 18.2 Å². The van der Waals surface area contributed by atoms with Gasteiger partial charge in [0.25, 0.3) is 0 Å². The molecule has 10 heteroatoms. The Balaban J connectivity index is 2.24. The maximum Gasteiger partial charge on any atom is 0.435 e. The first kappa shape index (κ1) is 22.8. The second kappa shape index (κ2) is 6.83. The van der Waals surface area contributed by atoms with Gasteiger partial charge in [0, 0.05) is 29.5 Å². The van der Waals surface area contributed by atoms with Crippen molar-refractivity contribution in [3.63, 3.8) is 0 Å². The fourth-order valence-corrected chi connectivity index (χ4v) is 5.56. The van der Waals surface area contributed by atoms with E-state index in [0.29, 0.717) is 49.9 Å². The van der Waals surface area contributed by atoms with Gasteiger partial charge in [-0.1, -0.05) is 32.0 Å². The number of aliphatic hydroxyl groups is 1. The first-order chi connectivity index (χ1) is 13.7. The molecule has 1 aromatic rings. The first-order valence-electron chi connectivity index (χ1n) is 9.48. The molecule has 1 aromatic carbocycles. The number of hydrogen-bond donors (Lipinski definition) is 1. The number of amides is 1. The number of nitrogens with zero attached hydrogens (tertiary/aromatic N) is 1. The van der Waals surface area contributed by atoms with Crippen molar-refractivity contribution in [2.45, 2.75) is 68.0 Å². The molecule has 1 heterocycles. The third kappa shape index (κ3) is 2.85. The molecule has 2 unspecified atom stereocenters. The zero-order valence-electron chi connectivity index (χ0n) is 16.4. The normalized spacial score (nSPS) is 25.9. The van der Waals surface area contributed by atoms with Crippen molar-refractivity contribution in [1.29, 1.82) is 0 Å². The van der Waals surface area contributed by atoms with Crippen molar-refractivity contribution in [2.75, 3.05) is 13.2 Å². The van der Waals surface area contributed by atoms with E-state index in [4.69, 9.17) is 0 Å². The minimum Gasteiger partial charge on any atom is -0.396 e. The standard InChI is InChI=1S/C20H22F7NO2/c1-16(2)14-10-12(18(21,19(22,23)24)20(25,26)27)4-5-13(14)17(6-3-9-29)7-8-28(11-30)15(16)17/h4-5,10-11,15,29H,3,6-9H2,1-2H3. The molecule has 0 saturated carbocycles. The fourth-order valence-electron chi connectivity index (χ4n) is 5.56. The molecule has 1 fully saturated rings. The third-order valence-corrected chi connectivity index (χ3v) is 6.70. The topological polar surface area (TPSA) is 40.5 Å². The summed E-state index contributed by atoms with van der Waals surface area (Å²) in [6.07, 6.45) is -10.6. The lowest BCUT2D eigenvalue weighted by atomic mass is 9.71. The largest absolute Gasteiger partial charge is 0.435 e. The van der Waals surface area contributed by atoms with Gasteiger partial charge in [-0.05, 0) is 30.4 Å². The van der Waals surface area contributed by atoms with Crippen molar-refractivity contribution in [1.82, 2.24) is 4.90 Å². The molecule has 0 spiro atoms. The van der Waals surface area contributed by atoms with Gasteiger partial charge in [-0.15, -0.1) is 0 Å². The zero-order chi connectivity index (χ0) is 22.8. The number of aliphatic hydroxyl groups excluding tert-OH is 1. The van der Waals surface area contributed by atoms with E-state index in [0.717, 1.165) is 6.07 Å². The van der Waals surface area contributed by atoms with Crippen molar-refractivity contribution in [3.8, 4) is 0 Å². The van der Waals surface area contributed by atoms with E-state index in [1.165, 1.54) is 4.90 Å². The number of carbonyl (C=O) groups excluding carboxylic acids is 1. The maximum absolute atomic E-state index is 14.6. The molecule has 168 valence electrons. The van der Waals surface area contributed by atoms with E-state index >= 15 is 0 Å². The minimum atomic E-state index is -6.19. The van der Waals surface area contributed by atoms with Crippen LogP contribution in [0.3, 0.4) is 0 Å². The Hall–Kier alpha value is -1.84. The van der Waals surface area contributed by atoms with E-state index in [9.17, 15) is 40.6 Å². The number of rotatable bonds is 5. The summed E-state index contributed by atoms with van der Waals surface area (Å²) in [6.45, 7) is 3.48. The van der Waals surface area contributed by atoms with Gasteiger partial charge in [0.2, 0.25) is 6.41 Å². The monoisotopic (exact) mass is 441 g/mol. The molecule has 1 aliphatic heterocycles. The summed E-state index contributed by atoms with van der Waals surface area (Å²) in [7, 11) is 0. The maximum atomic E-state index is 14.6. The van der Waals surface area contributed by atoms with Crippen LogP contribution in [0.5, 0.6) is 0 Å². The zero-order valence-corrected chi connectivity index (χ0v) is 16.4. The summed E-state index contributed by atoms with van der Waals surface area (Å²) >= 11 is 0. The van der Waals surface area contributed by atoms with Crippen LogP contribution in [0.4, 0.5) is 30.7 Å². The Morgan fingerprint density at radius 3 is 2.20 bits per heavy atom. The number of hydrogen-bond acceptors (Lipinski definition) is 2. The molecule has 1 saturated heterocycles. The molecular formula is C20H22F7NO2. The Morgan fingerprint density at radius 2 is 1.70 bits per heavy atom.